The molecule has 4 aliphatic rings. The molecule has 0 radical (unpaired) electrons. The van der Waals surface area contributed by atoms with Gasteiger partial charge in [-0.05, 0) is 80.0 Å². The van der Waals surface area contributed by atoms with E-state index in [0.29, 0.717) is 24.4 Å². The first-order valence-corrected chi connectivity index (χ1v) is 15.1. The van der Waals surface area contributed by atoms with E-state index in [2.05, 4.69) is 34.8 Å². The van der Waals surface area contributed by atoms with E-state index >= 15 is 0 Å². The lowest BCUT2D eigenvalue weighted by molar-refractivity contribution is -0.142. The smallest absolute Gasteiger partial charge is 0.268 e. The molecule has 1 aromatic carbocycles. The zero-order valence-corrected chi connectivity index (χ0v) is 24.4. The van der Waals surface area contributed by atoms with Gasteiger partial charge >= 0.3 is 0 Å². The molecule has 6 rings (SSSR count). The number of aromatic nitrogens is 1. The lowest BCUT2D eigenvalue weighted by atomic mass is 9.90. The van der Waals surface area contributed by atoms with E-state index in [1.165, 1.54) is 0 Å². The number of carbonyl (C=O) groups is 4. The number of aliphatic hydroxyl groups excluding tert-OH is 1. The summed E-state index contributed by atoms with van der Waals surface area (Å²) in [5.41, 5.74) is 0.996. The SMILES string of the molecule is COc1cccc2[nH]c(C(=O)N[C@H](C(=O)N3C[C@H]4[C@@H]([C@H]3C(=O)N[C@H](C=O)C[C@@H]3CCCNC3O)C4(C)C)C3CC3)cc12. The number of ether oxygens (including phenoxy) is 1. The lowest BCUT2D eigenvalue weighted by Gasteiger charge is -2.34. The van der Waals surface area contributed by atoms with Crippen LogP contribution in [0.4, 0.5) is 0 Å². The summed E-state index contributed by atoms with van der Waals surface area (Å²) < 4.78 is 5.42. The van der Waals surface area contributed by atoms with Crippen LogP contribution >= 0.6 is 0 Å². The third-order valence-corrected chi connectivity index (χ3v) is 10.1. The number of fused-ring (bicyclic) bond motifs is 2. The maximum absolute atomic E-state index is 14.1. The number of H-pyrrole nitrogens is 1. The normalized spacial score (nSPS) is 29.3. The highest BCUT2D eigenvalue weighted by molar-refractivity contribution is 6.02. The second-order valence-corrected chi connectivity index (χ2v) is 13.1. The molecule has 226 valence electrons. The Bertz CT molecular complexity index is 1390. The minimum Gasteiger partial charge on any atom is -0.496 e. The fourth-order valence-electron chi connectivity index (χ4n) is 7.38. The van der Waals surface area contributed by atoms with Gasteiger partial charge in [-0.1, -0.05) is 19.9 Å². The second-order valence-electron chi connectivity index (χ2n) is 13.1. The minimum absolute atomic E-state index is 0.0111. The molecular weight excluding hydrogens is 538 g/mol. The Balaban J connectivity index is 1.18. The molecular formula is C31H41N5O6. The number of rotatable bonds is 10. The van der Waals surface area contributed by atoms with Gasteiger partial charge in [-0.15, -0.1) is 0 Å². The molecule has 2 saturated carbocycles. The fraction of sp³-hybridized carbons (Fsp3) is 0.613. The van der Waals surface area contributed by atoms with Crippen LogP contribution in [0.1, 0.15) is 56.4 Å². The lowest BCUT2D eigenvalue weighted by Crippen LogP contribution is -2.57. The van der Waals surface area contributed by atoms with Crippen LogP contribution in [0.5, 0.6) is 5.75 Å². The van der Waals surface area contributed by atoms with E-state index in [1.807, 2.05) is 18.2 Å². The van der Waals surface area contributed by atoms with E-state index < -0.39 is 24.4 Å². The summed E-state index contributed by atoms with van der Waals surface area (Å²) in [5.74, 6) is -0.312. The van der Waals surface area contributed by atoms with Crippen LogP contribution in [0, 0.1) is 29.1 Å². The first-order valence-electron chi connectivity index (χ1n) is 15.1. The average molecular weight is 580 g/mol. The number of aromatic amines is 1. The third kappa shape index (κ3) is 5.17. The monoisotopic (exact) mass is 579 g/mol. The molecule has 2 aliphatic carbocycles. The maximum atomic E-state index is 14.1. The number of benzene rings is 1. The number of aliphatic hydroxyl groups is 1. The molecule has 1 unspecified atom stereocenters. The van der Waals surface area contributed by atoms with Gasteiger partial charge in [0, 0.05) is 23.4 Å². The second kappa shape index (κ2) is 11.0. The van der Waals surface area contributed by atoms with Crippen LogP contribution in [0.25, 0.3) is 10.9 Å². The van der Waals surface area contributed by atoms with Gasteiger partial charge in [-0.3, -0.25) is 19.7 Å². The van der Waals surface area contributed by atoms with E-state index in [0.717, 1.165) is 49.4 Å². The molecule has 11 nitrogen and oxygen atoms in total. The summed E-state index contributed by atoms with van der Waals surface area (Å²) in [6.45, 7) is 5.38. The minimum atomic E-state index is -0.757. The highest BCUT2D eigenvalue weighted by Crippen LogP contribution is 2.65. The van der Waals surface area contributed by atoms with Crippen LogP contribution in [0.3, 0.4) is 0 Å². The highest BCUT2D eigenvalue weighted by atomic mass is 16.5. The molecule has 5 N–H and O–H groups in total. The number of nitrogens with zero attached hydrogens (tertiary/aromatic N) is 1. The summed E-state index contributed by atoms with van der Waals surface area (Å²) >= 11 is 0. The number of carbonyl (C=O) groups excluding carboxylic acids is 4. The molecule has 3 heterocycles. The van der Waals surface area contributed by atoms with Crippen molar-refractivity contribution in [3.63, 3.8) is 0 Å². The van der Waals surface area contributed by atoms with Crippen LogP contribution in [0.15, 0.2) is 24.3 Å². The number of hydrogen-bond donors (Lipinski definition) is 5. The first-order chi connectivity index (χ1) is 20.1. The van der Waals surface area contributed by atoms with Crippen LogP contribution < -0.4 is 20.7 Å². The Labute approximate surface area is 245 Å². The van der Waals surface area contributed by atoms with E-state index in [4.69, 9.17) is 4.74 Å². The van der Waals surface area contributed by atoms with Crippen molar-refractivity contribution in [1.29, 1.82) is 0 Å². The summed E-state index contributed by atoms with van der Waals surface area (Å²) in [5, 5.41) is 19.9. The van der Waals surface area contributed by atoms with E-state index in [9.17, 15) is 24.3 Å². The largest absolute Gasteiger partial charge is 0.496 e. The quantitative estimate of drug-likeness (QED) is 0.268. The number of aldehydes is 1. The zero-order valence-electron chi connectivity index (χ0n) is 24.4. The number of methoxy groups -OCH3 is 1. The Morgan fingerprint density at radius 3 is 2.69 bits per heavy atom. The van der Waals surface area contributed by atoms with Gasteiger partial charge in [0.1, 0.15) is 36.0 Å². The molecule has 3 amide bonds. The molecule has 2 aliphatic heterocycles. The molecule has 2 aromatic rings. The van der Waals surface area contributed by atoms with E-state index in [1.54, 1.807) is 18.1 Å². The fourth-order valence-corrected chi connectivity index (χ4v) is 7.38. The number of likely N-dealkylation sites (tertiary alicyclic amines) is 1. The predicted octanol–water partition coefficient (Wildman–Crippen LogP) is 1.56. The Morgan fingerprint density at radius 2 is 2.00 bits per heavy atom. The average Bonchev–Trinajstić information content (AvgIpc) is 3.76. The molecule has 0 bridgehead atoms. The zero-order chi connectivity index (χ0) is 29.8. The third-order valence-electron chi connectivity index (χ3n) is 10.1. The van der Waals surface area contributed by atoms with Crippen LogP contribution in [0.2, 0.25) is 0 Å². The van der Waals surface area contributed by atoms with Gasteiger partial charge in [-0.2, -0.15) is 0 Å². The Kier molecular flexibility index (Phi) is 7.51. The molecule has 4 fully saturated rings. The van der Waals surface area contributed by atoms with Crippen LogP contribution in [-0.2, 0) is 14.4 Å². The van der Waals surface area contributed by atoms with Crippen molar-refractivity contribution in [3.05, 3.63) is 30.0 Å². The molecule has 1 aromatic heterocycles. The van der Waals surface area contributed by atoms with Gasteiger partial charge < -0.3 is 35.2 Å². The molecule has 7 atom stereocenters. The topological polar surface area (TPSA) is 153 Å². The van der Waals surface area contributed by atoms with Gasteiger partial charge in [0.15, 0.2) is 0 Å². The van der Waals surface area contributed by atoms with Crippen molar-refractivity contribution < 1.29 is 29.0 Å². The van der Waals surface area contributed by atoms with Crippen molar-refractivity contribution in [2.24, 2.45) is 29.1 Å². The first kappa shape index (κ1) is 28.7. The van der Waals surface area contributed by atoms with Gasteiger partial charge in [-0.25, -0.2) is 0 Å². The molecule has 2 saturated heterocycles. The van der Waals surface area contributed by atoms with Crippen molar-refractivity contribution in [3.8, 4) is 5.75 Å². The maximum Gasteiger partial charge on any atom is 0.268 e. The van der Waals surface area contributed by atoms with E-state index in [-0.39, 0.29) is 46.8 Å². The number of piperidine rings is 2. The molecule has 42 heavy (non-hydrogen) atoms. The number of nitrogens with one attached hydrogen (secondary N) is 4. The van der Waals surface area contributed by atoms with Crippen molar-refractivity contribution >= 4 is 34.9 Å². The standard InChI is InChI=1S/C31H41N5O6/c1-31(2)20-14-36(26(24(20)31)29(40)33-18(15-37)12-17-6-5-11-32-27(17)38)30(41)25(16-9-10-16)35-28(39)22-13-19-21(34-22)7-4-8-23(19)42-3/h4,7-8,13,15-18,20,24-27,32,34,38H,5-6,9-12,14H2,1-3H3,(H,33,40)(H,35,39)/t17-,18-,20-,24-,25-,26-,27?/m0/s1. The predicted molar refractivity (Wildman–Crippen MR) is 154 cm³/mol. The molecule has 11 heteroatoms. The molecule has 0 spiro atoms. The van der Waals surface area contributed by atoms with Gasteiger partial charge in [0.2, 0.25) is 11.8 Å². The Hall–Kier alpha value is -3.44. The van der Waals surface area contributed by atoms with Crippen molar-refractivity contribution in [2.75, 3.05) is 20.2 Å². The Morgan fingerprint density at radius 1 is 1.21 bits per heavy atom. The van der Waals surface area contributed by atoms with Gasteiger partial charge in [0.25, 0.3) is 5.91 Å². The summed E-state index contributed by atoms with van der Waals surface area (Å²) in [6, 6.07) is 5.02. The number of amides is 3. The summed E-state index contributed by atoms with van der Waals surface area (Å²) in [6.07, 6.45) is 3.65. The summed E-state index contributed by atoms with van der Waals surface area (Å²) in [7, 11) is 1.58. The number of hydrogen-bond acceptors (Lipinski definition) is 7. The van der Waals surface area contributed by atoms with Crippen molar-refractivity contribution in [2.45, 2.75) is 70.3 Å². The highest BCUT2D eigenvalue weighted by Gasteiger charge is 2.69. The van der Waals surface area contributed by atoms with Crippen molar-refractivity contribution in [1.82, 2.24) is 25.8 Å². The summed E-state index contributed by atoms with van der Waals surface area (Å²) in [4.78, 5) is 57.9. The van der Waals surface area contributed by atoms with Gasteiger partial charge in [0.05, 0.1) is 13.2 Å². The van der Waals surface area contributed by atoms with Crippen LogP contribution in [-0.4, -0.2) is 83.6 Å².